The SMILES string of the molecule is Cc1cc([N+](=O)[O-])ccc1OCC(=O)NC(C)c1ccccc1. The van der Waals surface area contributed by atoms with Crippen molar-refractivity contribution in [3.8, 4) is 5.75 Å². The monoisotopic (exact) mass is 314 g/mol. The molecule has 6 nitrogen and oxygen atoms in total. The lowest BCUT2D eigenvalue weighted by Crippen LogP contribution is -2.31. The number of nitro groups is 1. The average Bonchev–Trinajstić information content (AvgIpc) is 2.54. The number of hydrogen-bond acceptors (Lipinski definition) is 4. The maximum atomic E-state index is 11.9. The molecule has 120 valence electrons. The molecular formula is C17H18N2O4. The first kappa shape index (κ1) is 16.5. The Morgan fingerprint density at radius 2 is 1.96 bits per heavy atom. The van der Waals surface area contributed by atoms with Crippen LogP contribution in [0.25, 0.3) is 0 Å². The minimum Gasteiger partial charge on any atom is -0.483 e. The Kier molecular flexibility index (Phi) is 5.30. The number of carbonyl (C=O) groups is 1. The van der Waals surface area contributed by atoms with Crippen LogP contribution in [0.1, 0.15) is 24.1 Å². The van der Waals surface area contributed by atoms with E-state index in [0.29, 0.717) is 11.3 Å². The lowest BCUT2D eigenvalue weighted by atomic mass is 10.1. The second-order valence-electron chi connectivity index (χ2n) is 5.20. The lowest BCUT2D eigenvalue weighted by molar-refractivity contribution is -0.384. The van der Waals surface area contributed by atoms with E-state index in [1.165, 1.54) is 18.2 Å². The number of benzene rings is 2. The van der Waals surface area contributed by atoms with Gasteiger partial charge in [0.15, 0.2) is 6.61 Å². The minimum absolute atomic E-state index is 0.00278. The van der Waals surface area contributed by atoms with Crippen molar-refractivity contribution in [2.45, 2.75) is 19.9 Å². The van der Waals surface area contributed by atoms with Gasteiger partial charge in [0.25, 0.3) is 11.6 Å². The summed E-state index contributed by atoms with van der Waals surface area (Å²) in [5, 5.41) is 13.5. The van der Waals surface area contributed by atoms with E-state index in [1.54, 1.807) is 6.92 Å². The summed E-state index contributed by atoms with van der Waals surface area (Å²) in [6, 6.07) is 13.8. The van der Waals surface area contributed by atoms with Gasteiger partial charge < -0.3 is 10.1 Å². The third-order valence-electron chi connectivity index (χ3n) is 3.41. The van der Waals surface area contributed by atoms with E-state index in [1.807, 2.05) is 37.3 Å². The zero-order chi connectivity index (χ0) is 16.8. The highest BCUT2D eigenvalue weighted by molar-refractivity contribution is 5.78. The standard InChI is InChI=1S/C17H18N2O4/c1-12-10-15(19(21)22)8-9-16(12)23-11-17(20)18-13(2)14-6-4-3-5-7-14/h3-10,13H,11H2,1-2H3,(H,18,20). The van der Waals surface area contributed by atoms with Gasteiger partial charge in [-0.3, -0.25) is 14.9 Å². The molecule has 6 heteroatoms. The fourth-order valence-corrected chi connectivity index (χ4v) is 2.16. The number of non-ortho nitro benzene ring substituents is 1. The summed E-state index contributed by atoms with van der Waals surface area (Å²) in [6.45, 7) is 3.45. The maximum Gasteiger partial charge on any atom is 0.269 e. The summed E-state index contributed by atoms with van der Waals surface area (Å²) >= 11 is 0. The van der Waals surface area contributed by atoms with Gasteiger partial charge in [-0.05, 0) is 31.0 Å². The normalized spacial score (nSPS) is 11.6. The molecule has 0 aliphatic heterocycles. The number of nitro benzene ring substituents is 1. The van der Waals surface area contributed by atoms with Crippen molar-refractivity contribution in [1.82, 2.24) is 5.32 Å². The molecule has 0 saturated carbocycles. The van der Waals surface area contributed by atoms with Gasteiger partial charge in [0.05, 0.1) is 11.0 Å². The Hall–Kier alpha value is -2.89. The first-order valence-electron chi connectivity index (χ1n) is 7.19. The summed E-state index contributed by atoms with van der Waals surface area (Å²) in [5.74, 6) is 0.206. The fraction of sp³-hybridized carbons (Fsp3) is 0.235. The quantitative estimate of drug-likeness (QED) is 0.656. The smallest absolute Gasteiger partial charge is 0.269 e. The van der Waals surface area contributed by atoms with Gasteiger partial charge in [-0.2, -0.15) is 0 Å². The van der Waals surface area contributed by atoms with Crippen LogP contribution in [0.15, 0.2) is 48.5 Å². The van der Waals surface area contributed by atoms with Crippen LogP contribution in [0.5, 0.6) is 5.75 Å². The van der Waals surface area contributed by atoms with Crippen LogP contribution in [-0.2, 0) is 4.79 Å². The maximum absolute atomic E-state index is 11.9. The molecule has 23 heavy (non-hydrogen) atoms. The van der Waals surface area contributed by atoms with Gasteiger partial charge in [0.2, 0.25) is 0 Å². The molecule has 1 atom stereocenters. The van der Waals surface area contributed by atoms with Crippen molar-refractivity contribution in [3.05, 3.63) is 69.8 Å². The molecule has 0 fully saturated rings. The number of nitrogens with zero attached hydrogens (tertiary/aromatic N) is 1. The van der Waals surface area contributed by atoms with Crippen LogP contribution in [-0.4, -0.2) is 17.4 Å². The Morgan fingerprint density at radius 3 is 2.57 bits per heavy atom. The zero-order valence-electron chi connectivity index (χ0n) is 13.0. The van der Waals surface area contributed by atoms with E-state index in [-0.39, 0.29) is 24.2 Å². The van der Waals surface area contributed by atoms with Gasteiger partial charge in [-0.15, -0.1) is 0 Å². The molecule has 0 spiro atoms. The lowest BCUT2D eigenvalue weighted by Gasteiger charge is -2.15. The summed E-state index contributed by atoms with van der Waals surface area (Å²) < 4.78 is 5.44. The van der Waals surface area contributed by atoms with Crippen LogP contribution < -0.4 is 10.1 Å². The molecule has 1 N–H and O–H groups in total. The van der Waals surface area contributed by atoms with Crippen molar-refractivity contribution < 1.29 is 14.5 Å². The Labute approximate surface area is 134 Å². The molecule has 2 aromatic carbocycles. The predicted molar refractivity (Wildman–Crippen MR) is 86.3 cm³/mol. The Bertz CT molecular complexity index is 701. The molecule has 0 saturated heterocycles. The van der Waals surface area contributed by atoms with E-state index in [2.05, 4.69) is 5.32 Å². The Balaban J connectivity index is 1.91. The van der Waals surface area contributed by atoms with Crippen LogP contribution in [0.3, 0.4) is 0 Å². The van der Waals surface area contributed by atoms with Crippen molar-refractivity contribution in [3.63, 3.8) is 0 Å². The highest BCUT2D eigenvalue weighted by Gasteiger charge is 2.12. The fourth-order valence-electron chi connectivity index (χ4n) is 2.16. The number of amides is 1. The second-order valence-corrected chi connectivity index (χ2v) is 5.20. The largest absolute Gasteiger partial charge is 0.483 e. The van der Waals surface area contributed by atoms with Crippen LogP contribution in [0.2, 0.25) is 0 Å². The topological polar surface area (TPSA) is 81.5 Å². The molecule has 1 amide bonds. The first-order valence-corrected chi connectivity index (χ1v) is 7.19. The molecule has 0 aliphatic rings. The van der Waals surface area contributed by atoms with Crippen molar-refractivity contribution in [2.24, 2.45) is 0 Å². The first-order chi connectivity index (χ1) is 11.0. The average molecular weight is 314 g/mol. The van der Waals surface area contributed by atoms with E-state index in [4.69, 9.17) is 4.74 Å². The molecule has 2 rings (SSSR count). The minimum atomic E-state index is -0.467. The third kappa shape index (κ3) is 4.54. The van der Waals surface area contributed by atoms with E-state index < -0.39 is 4.92 Å². The zero-order valence-corrected chi connectivity index (χ0v) is 13.0. The molecule has 0 aromatic heterocycles. The van der Waals surface area contributed by atoms with Crippen molar-refractivity contribution in [1.29, 1.82) is 0 Å². The number of rotatable bonds is 6. The van der Waals surface area contributed by atoms with E-state index in [9.17, 15) is 14.9 Å². The summed E-state index contributed by atoms with van der Waals surface area (Å²) in [4.78, 5) is 22.2. The molecule has 1 unspecified atom stereocenters. The highest BCUT2D eigenvalue weighted by Crippen LogP contribution is 2.23. The van der Waals surface area contributed by atoms with E-state index in [0.717, 1.165) is 5.56 Å². The van der Waals surface area contributed by atoms with Gasteiger partial charge in [0.1, 0.15) is 5.75 Å². The van der Waals surface area contributed by atoms with Gasteiger partial charge >= 0.3 is 0 Å². The predicted octanol–water partition coefficient (Wildman–Crippen LogP) is 3.16. The molecule has 0 heterocycles. The molecular weight excluding hydrogens is 296 g/mol. The van der Waals surface area contributed by atoms with Gasteiger partial charge in [-0.25, -0.2) is 0 Å². The number of aryl methyl sites for hydroxylation is 1. The van der Waals surface area contributed by atoms with Crippen LogP contribution in [0, 0.1) is 17.0 Å². The van der Waals surface area contributed by atoms with Crippen LogP contribution >= 0.6 is 0 Å². The molecule has 0 radical (unpaired) electrons. The highest BCUT2D eigenvalue weighted by atomic mass is 16.6. The van der Waals surface area contributed by atoms with Crippen molar-refractivity contribution >= 4 is 11.6 Å². The van der Waals surface area contributed by atoms with Gasteiger partial charge in [-0.1, -0.05) is 30.3 Å². The number of ether oxygens (including phenoxy) is 1. The Morgan fingerprint density at radius 1 is 1.26 bits per heavy atom. The second kappa shape index (κ2) is 7.40. The van der Waals surface area contributed by atoms with Crippen LogP contribution in [0.4, 0.5) is 5.69 Å². The molecule has 0 bridgehead atoms. The molecule has 0 aliphatic carbocycles. The number of hydrogen-bond donors (Lipinski definition) is 1. The molecule has 2 aromatic rings. The summed E-state index contributed by atoms with van der Waals surface area (Å²) in [6.07, 6.45) is 0. The summed E-state index contributed by atoms with van der Waals surface area (Å²) in [7, 11) is 0. The van der Waals surface area contributed by atoms with E-state index >= 15 is 0 Å². The number of carbonyl (C=O) groups excluding carboxylic acids is 1. The van der Waals surface area contributed by atoms with Crippen molar-refractivity contribution in [2.75, 3.05) is 6.61 Å². The third-order valence-corrected chi connectivity index (χ3v) is 3.41. The summed E-state index contributed by atoms with van der Waals surface area (Å²) in [5.41, 5.74) is 1.62. The van der Waals surface area contributed by atoms with Gasteiger partial charge in [0, 0.05) is 12.1 Å². The number of nitrogens with one attached hydrogen (secondary N) is 1.